The van der Waals surface area contributed by atoms with E-state index in [-0.39, 0.29) is 5.91 Å². The topological polar surface area (TPSA) is 35.9 Å². The lowest BCUT2D eigenvalue weighted by atomic mass is 10.1. The number of amides is 1. The standard InChI is InChI=1S/C14H16ClN3O/c1-9-13(10(2)17(3)4)14(19)18(16-9)12-7-5-11(15)6-8-12/h5-8H,1-4H3/b13-10-. The summed E-state index contributed by atoms with van der Waals surface area (Å²) in [4.78, 5) is 14.4. The lowest BCUT2D eigenvalue weighted by Crippen LogP contribution is -2.24. The lowest BCUT2D eigenvalue weighted by molar-refractivity contribution is -0.114. The minimum Gasteiger partial charge on any atom is -0.380 e. The zero-order valence-electron chi connectivity index (χ0n) is 11.4. The van der Waals surface area contributed by atoms with Gasteiger partial charge in [0.2, 0.25) is 0 Å². The first-order valence-corrected chi connectivity index (χ1v) is 6.33. The number of carbonyl (C=O) groups excluding carboxylic acids is 1. The van der Waals surface area contributed by atoms with E-state index in [0.29, 0.717) is 10.6 Å². The number of benzene rings is 1. The van der Waals surface area contributed by atoms with E-state index in [9.17, 15) is 4.79 Å². The van der Waals surface area contributed by atoms with Gasteiger partial charge in [-0.05, 0) is 38.1 Å². The van der Waals surface area contributed by atoms with Crippen LogP contribution in [-0.2, 0) is 4.79 Å². The van der Waals surface area contributed by atoms with Gasteiger partial charge in [-0.3, -0.25) is 4.79 Å². The number of rotatable bonds is 2. The summed E-state index contributed by atoms with van der Waals surface area (Å²) in [6, 6.07) is 7.06. The molecule has 1 heterocycles. The van der Waals surface area contributed by atoms with E-state index in [1.807, 2.05) is 32.8 Å². The van der Waals surface area contributed by atoms with Crippen molar-refractivity contribution in [3.05, 3.63) is 40.6 Å². The van der Waals surface area contributed by atoms with Crippen LogP contribution in [0, 0.1) is 0 Å². The molecule has 0 spiro atoms. The Bertz CT molecular complexity index is 573. The first kappa shape index (κ1) is 13.6. The fourth-order valence-electron chi connectivity index (χ4n) is 1.90. The minimum absolute atomic E-state index is 0.106. The van der Waals surface area contributed by atoms with Gasteiger partial charge in [-0.1, -0.05) is 11.6 Å². The molecule has 19 heavy (non-hydrogen) atoms. The van der Waals surface area contributed by atoms with Gasteiger partial charge in [-0.15, -0.1) is 0 Å². The molecule has 5 heteroatoms. The Balaban J connectivity index is 2.41. The predicted molar refractivity (Wildman–Crippen MR) is 78.4 cm³/mol. The maximum atomic E-state index is 12.4. The molecule has 0 saturated carbocycles. The Morgan fingerprint density at radius 2 is 1.84 bits per heavy atom. The molecule has 0 aliphatic carbocycles. The molecule has 2 rings (SSSR count). The van der Waals surface area contributed by atoms with Crippen molar-refractivity contribution in [2.24, 2.45) is 5.10 Å². The predicted octanol–water partition coefficient (Wildman–Crippen LogP) is 2.90. The molecule has 1 aliphatic rings. The van der Waals surface area contributed by atoms with Gasteiger partial charge in [0.15, 0.2) is 0 Å². The summed E-state index contributed by atoms with van der Waals surface area (Å²) in [5, 5.41) is 6.37. The molecule has 0 unspecified atom stereocenters. The van der Waals surface area contributed by atoms with Crippen LogP contribution in [0.15, 0.2) is 40.6 Å². The van der Waals surface area contributed by atoms with Crippen LogP contribution < -0.4 is 5.01 Å². The Kier molecular flexibility index (Phi) is 3.62. The van der Waals surface area contributed by atoms with Gasteiger partial charge < -0.3 is 4.90 Å². The van der Waals surface area contributed by atoms with E-state index < -0.39 is 0 Å². The molecule has 1 aliphatic heterocycles. The highest BCUT2D eigenvalue weighted by Gasteiger charge is 2.30. The van der Waals surface area contributed by atoms with Crippen LogP contribution in [-0.4, -0.2) is 30.6 Å². The molecule has 0 radical (unpaired) electrons. The Morgan fingerprint density at radius 3 is 2.37 bits per heavy atom. The Morgan fingerprint density at radius 1 is 1.26 bits per heavy atom. The third-order valence-electron chi connectivity index (χ3n) is 3.12. The fourth-order valence-corrected chi connectivity index (χ4v) is 2.03. The fraction of sp³-hybridized carbons (Fsp3) is 0.286. The van der Waals surface area contributed by atoms with Gasteiger partial charge in [0.1, 0.15) is 0 Å². The van der Waals surface area contributed by atoms with Gasteiger partial charge in [0.05, 0.1) is 17.0 Å². The number of allylic oxidation sites excluding steroid dienone is 1. The molecule has 0 N–H and O–H groups in total. The van der Waals surface area contributed by atoms with E-state index in [4.69, 9.17) is 11.6 Å². The molecule has 1 aromatic rings. The summed E-state index contributed by atoms with van der Waals surface area (Å²) in [7, 11) is 3.82. The molecule has 0 saturated heterocycles. The van der Waals surface area contributed by atoms with Crippen molar-refractivity contribution in [1.29, 1.82) is 0 Å². The van der Waals surface area contributed by atoms with Crippen LogP contribution >= 0.6 is 11.6 Å². The second kappa shape index (κ2) is 5.05. The SMILES string of the molecule is CC1=NN(c2ccc(Cl)cc2)C(=O)/C1=C(/C)N(C)C. The maximum Gasteiger partial charge on any atom is 0.282 e. The summed E-state index contributed by atoms with van der Waals surface area (Å²) >= 11 is 5.85. The second-order valence-electron chi connectivity index (χ2n) is 4.63. The molecule has 0 fully saturated rings. The van der Waals surface area contributed by atoms with Gasteiger partial charge >= 0.3 is 0 Å². The van der Waals surface area contributed by atoms with Crippen LogP contribution in [0.4, 0.5) is 5.69 Å². The van der Waals surface area contributed by atoms with E-state index in [0.717, 1.165) is 17.1 Å². The molecule has 0 atom stereocenters. The molecule has 0 aromatic heterocycles. The third kappa shape index (κ3) is 2.49. The van der Waals surface area contributed by atoms with Crippen LogP contribution in [0.2, 0.25) is 5.02 Å². The van der Waals surface area contributed by atoms with E-state index in [2.05, 4.69) is 5.10 Å². The summed E-state index contributed by atoms with van der Waals surface area (Å²) in [6.07, 6.45) is 0. The Hall–Kier alpha value is -1.81. The second-order valence-corrected chi connectivity index (χ2v) is 5.07. The van der Waals surface area contributed by atoms with Crippen molar-refractivity contribution in [3.63, 3.8) is 0 Å². The van der Waals surface area contributed by atoms with E-state index >= 15 is 0 Å². The first-order chi connectivity index (χ1) is 8.91. The number of hydrazone groups is 1. The van der Waals surface area contributed by atoms with Crippen LogP contribution in [0.1, 0.15) is 13.8 Å². The average molecular weight is 278 g/mol. The zero-order chi connectivity index (χ0) is 14.2. The van der Waals surface area contributed by atoms with Crippen molar-refractivity contribution >= 4 is 28.9 Å². The van der Waals surface area contributed by atoms with Crippen molar-refractivity contribution in [3.8, 4) is 0 Å². The number of nitrogens with zero attached hydrogens (tertiary/aromatic N) is 3. The first-order valence-electron chi connectivity index (χ1n) is 5.95. The molecule has 100 valence electrons. The summed E-state index contributed by atoms with van der Waals surface area (Å²) < 4.78 is 0. The molecule has 1 amide bonds. The number of anilines is 1. The van der Waals surface area contributed by atoms with Crippen molar-refractivity contribution in [1.82, 2.24) is 4.90 Å². The highest BCUT2D eigenvalue weighted by atomic mass is 35.5. The van der Waals surface area contributed by atoms with Crippen LogP contribution in [0.25, 0.3) is 0 Å². The summed E-state index contributed by atoms with van der Waals surface area (Å²) in [6.45, 7) is 3.76. The quantitative estimate of drug-likeness (QED) is 0.779. The molecule has 4 nitrogen and oxygen atoms in total. The Labute approximate surface area is 118 Å². The van der Waals surface area contributed by atoms with Gasteiger partial charge in [0.25, 0.3) is 5.91 Å². The normalized spacial score (nSPS) is 17.6. The molecule has 1 aromatic carbocycles. The number of halogens is 1. The maximum absolute atomic E-state index is 12.4. The molecule has 0 bridgehead atoms. The molecular weight excluding hydrogens is 262 g/mol. The summed E-state index contributed by atoms with van der Waals surface area (Å²) in [5.41, 5.74) is 3.00. The highest BCUT2D eigenvalue weighted by molar-refractivity contribution is 6.31. The number of carbonyl (C=O) groups is 1. The van der Waals surface area contributed by atoms with Crippen LogP contribution in [0.5, 0.6) is 0 Å². The van der Waals surface area contributed by atoms with Gasteiger partial charge in [-0.2, -0.15) is 10.1 Å². The lowest BCUT2D eigenvalue weighted by Gasteiger charge is -2.16. The van der Waals surface area contributed by atoms with Gasteiger partial charge in [-0.25, -0.2) is 0 Å². The summed E-state index contributed by atoms with van der Waals surface area (Å²) in [5.74, 6) is -0.106. The molecular formula is C14H16ClN3O. The van der Waals surface area contributed by atoms with Crippen LogP contribution in [0.3, 0.4) is 0 Å². The number of hydrogen-bond donors (Lipinski definition) is 0. The monoisotopic (exact) mass is 277 g/mol. The zero-order valence-corrected chi connectivity index (χ0v) is 12.2. The smallest absolute Gasteiger partial charge is 0.282 e. The van der Waals surface area contributed by atoms with Crippen molar-refractivity contribution in [2.75, 3.05) is 19.1 Å². The third-order valence-corrected chi connectivity index (χ3v) is 3.37. The van der Waals surface area contributed by atoms with E-state index in [1.54, 1.807) is 24.3 Å². The minimum atomic E-state index is -0.106. The highest BCUT2D eigenvalue weighted by Crippen LogP contribution is 2.26. The van der Waals surface area contributed by atoms with Crippen molar-refractivity contribution < 1.29 is 4.79 Å². The average Bonchev–Trinajstić information content (AvgIpc) is 2.65. The van der Waals surface area contributed by atoms with Gasteiger partial charge in [0, 0.05) is 24.8 Å². The van der Waals surface area contributed by atoms with E-state index in [1.165, 1.54) is 5.01 Å². The van der Waals surface area contributed by atoms with Crippen molar-refractivity contribution in [2.45, 2.75) is 13.8 Å². The largest absolute Gasteiger partial charge is 0.380 e. The number of hydrogen-bond acceptors (Lipinski definition) is 3.